The number of aromatic nitrogens is 2. The van der Waals surface area contributed by atoms with Crippen molar-refractivity contribution in [3.8, 4) is 46.3 Å². The fraction of sp³-hybridized carbons (Fsp3) is 0.105. The summed E-state index contributed by atoms with van der Waals surface area (Å²) in [7, 11) is 0. The van der Waals surface area contributed by atoms with Crippen molar-refractivity contribution < 1.29 is 28.5 Å². The molecule has 0 fully saturated rings. The molecule has 334 valence electrons. The number of ether oxygens (including phenoxy) is 4. The van der Waals surface area contributed by atoms with E-state index in [1.165, 1.54) is 0 Å². The molecule has 2 aromatic heterocycles. The van der Waals surface area contributed by atoms with Gasteiger partial charge in [0.15, 0.2) is 11.6 Å². The van der Waals surface area contributed by atoms with E-state index in [2.05, 4.69) is 38.0 Å². The smallest absolute Gasteiger partial charge is 0.170 e. The highest BCUT2D eigenvalue weighted by Crippen LogP contribution is 2.42. The first-order valence-electron chi connectivity index (χ1n) is 22.0. The van der Waals surface area contributed by atoms with Crippen molar-refractivity contribution in [1.29, 1.82) is 10.5 Å². The van der Waals surface area contributed by atoms with Gasteiger partial charge in [-0.25, -0.2) is 4.99 Å². The molecule has 12 heteroatoms. The lowest BCUT2D eigenvalue weighted by atomic mass is 9.93. The number of benzene rings is 6. The van der Waals surface area contributed by atoms with Crippen molar-refractivity contribution >= 4 is 38.9 Å². The van der Waals surface area contributed by atoms with Crippen LogP contribution in [0.25, 0.3) is 11.1 Å². The first kappa shape index (κ1) is 44.1. The quantitative estimate of drug-likeness (QED) is 0.108. The molecule has 69 heavy (non-hydrogen) atoms. The third-order valence-electron chi connectivity index (χ3n) is 12.0. The molecule has 8 aromatic rings. The predicted molar refractivity (Wildman–Crippen MR) is 262 cm³/mol. The third kappa shape index (κ3) is 9.48. The number of aliphatic imine (C=N–C) groups is 1. The number of pyridine rings is 2. The molecule has 0 spiro atoms. The van der Waals surface area contributed by atoms with Crippen molar-refractivity contribution in [2.45, 2.75) is 38.3 Å². The normalized spacial score (nSPS) is 14.7. The zero-order valence-corrected chi connectivity index (χ0v) is 38.3. The fourth-order valence-corrected chi connectivity index (χ4v) is 8.99. The number of nitrogens with zero attached hydrogens (tertiary/aromatic N) is 5. The highest BCUT2D eigenvalue weighted by molar-refractivity contribution is 9.10. The van der Waals surface area contributed by atoms with Crippen LogP contribution in [0, 0.1) is 22.7 Å². The average molecular weight is 969 g/mol. The summed E-state index contributed by atoms with van der Waals surface area (Å²) in [6.07, 6.45) is 5.91. The topological polar surface area (TPSA) is 157 Å². The van der Waals surface area contributed by atoms with Crippen LogP contribution in [-0.4, -0.2) is 27.2 Å². The molecular weight excluding hydrogens is 931 g/mol. The second kappa shape index (κ2) is 19.6. The number of carbonyl (C=O) groups excluding carboxylic acids is 2. The van der Waals surface area contributed by atoms with Gasteiger partial charge in [0.2, 0.25) is 0 Å². The zero-order chi connectivity index (χ0) is 47.3. The van der Waals surface area contributed by atoms with Gasteiger partial charge >= 0.3 is 0 Å². The summed E-state index contributed by atoms with van der Waals surface area (Å²) in [6.45, 7) is 0.254. The Hall–Kier alpha value is -8.71. The molecule has 2 unspecified atom stereocenters. The minimum atomic E-state index is -0.627. The standard InChI is InChI=1S/C57H38BrN5O6/c58-49-31-61-21-19-43(49)55-27-51(64)45-17-15-41(25-53(45)68-55)66-33-35-11-13-39(29-59)47(23-35)48-24-36(12-14-40(48)30-60)34-67-42-16-18-46-52(65)28-56(69-54(46)26-42)44-20-22-62-32-50(44)63-57(37-7-3-1-4-8-37)38-9-5-2-6-10-38/h1-26,31-32,55-56H,27-28,33-34H2. The van der Waals surface area contributed by atoms with Gasteiger partial charge in [0.25, 0.3) is 0 Å². The van der Waals surface area contributed by atoms with Crippen LogP contribution in [0.2, 0.25) is 0 Å². The van der Waals surface area contributed by atoms with Gasteiger partial charge in [-0.3, -0.25) is 19.6 Å². The molecule has 0 saturated heterocycles. The summed E-state index contributed by atoms with van der Waals surface area (Å²) in [5.74, 6) is 1.70. The van der Waals surface area contributed by atoms with Crippen molar-refractivity contribution in [3.63, 3.8) is 0 Å². The maximum atomic E-state index is 13.6. The highest BCUT2D eigenvalue weighted by Gasteiger charge is 2.31. The minimum absolute atomic E-state index is 0.0320. The van der Waals surface area contributed by atoms with Crippen LogP contribution < -0.4 is 18.9 Å². The number of hydrogen-bond donors (Lipinski definition) is 0. The summed E-state index contributed by atoms with van der Waals surface area (Å²) < 4.78 is 26.1. The van der Waals surface area contributed by atoms with E-state index in [4.69, 9.17) is 23.9 Å². The van der Waals surface area contributed by atoms with E-state index in [9.17, 15) is 20.1 Å². The summed E-state index contributed by atoms with van der Waals surface area (Å²) in [5, 5.41) is 20.4. The number of Topliss-reactive ketones (excluding diaryl/α,β-unsaturated/α-hetero) is 2. The first-order valence-corrected chi connectivity index (χ1v) is 22.8. The monoisotopic (exact) mass is 967 g/mol. The number of fused-ring (bicyclic) bond motifs is 2. The van der Waals surface area contributed by atoms with Crippen LogP contribution in [0.5, 0.6) is 23.0 Å². The maximum absolute atomic E-state index is 13.6. The molecule has 0 aliphatic carbocycles. The summed E-state index contributed by atoms with van der Waals surface area (Å²) in [5.41, 5.74) is 9.12. The number of carbonyl (C=O) groups is 2. The lowest BCUT2D eigenvalue weighted by Crippen LogP contribution is -2.20. The zero-order valence-electron chi connectivity index (χ0n) is 36.7. The van der Waals surface area contributed by atoms with Gasteiger partial charge in [0.1, 0.15) is 48.4 Å². The van der Waals surface area contributed by atoms with Gasteiger partial charge in [-0.2, -0.15) is 10.5 Å². The SMILES string of the molecule is N#Cc1ccc(COc2ccc3c(c2)OC(c2ccncc2Br)CC3=O)cc1-c1cc(COc2ccc3c(c2)OC(c2ccncc2N=C(c2ccccc2)c2ccccc2)CC3=O)ccc1C#N. The van der Waals surface area contributed by atoms with Gasteiger partial charge in [0, 0.05) is 68.6 Å². The Morgan fingerprint density at radius 1 is 0.594 bits per heavy atom. The predicted octanol–water partition coefficient (Wildman–Crippen LogP) is 12.4. The molecule has 2 atom stereocenters. The van der Waals surface area contributed by atoms with Crippen LogP contribution in [0.15, 0.2) is 180 Å². The highest BCUT2D eigenvalue weighted by atomic mass is 79.9. The second-order valence-electron chi connectivity index (χ2n) is 16.4. The first-order chi connectivity index (χ1) is 33.8. The van der Waals surface area contributed by atoms with Gasteiger partial charge < -0.3 is 18.9 Å². The lowest BCUT2D eigenvalue weighted by Gasteiger charge is -2.26. The molecule has 2 aliphatic rings. The van der Waals surface area contributed by atoms with Crippen LogP contribution >= 0.6 is 15.9 Å². The van der Waals surface area contributed by atoms with E-state index >= 15 is 0 Å². The van der Waals surface area contributed by atoms with Crippen LogP contribution in [0.4, 0.5) is 5.69 Å². The Morgan fingerprint density at radius 3 is 1.59 bits per heavy atom. The summed E-state index contributed by atoms with van der Waals surface area (Å²) in [6, 6.07) is 49.1. The summed E-state index contributed by atoms with van der Waals surface area (Å²) >= 11 is 3.52. The Morgan fingerprint density at radius 2 is 1.09 bits per heavy atom. The Kier molecular flexibility index (Phi) is 12.6. The van der Waals surface area contributed by atoms with Crippen molar-refractivity contribution in [1.82, 2.24) is 9.97 Å². The van der Waals surface area contributed by atoms with E-state index in [1.807, 2.05) is 84.9 Å². The van der Waals surface area contributed by atoms with Crippen molar-refractivity contribution in [3.05, 3.63) is 230 Å². The molecule has 2 aliphatic heterocycles. The molecule has 4 heterocycles. The molecule has 11 nitrogen and oxygen atoms in total. The van der Waals surface area contributed by atoms with Crippen molar-refractivity contribution in [2.75, 3.05) is 0 Å². The molecule has 0 radical (unpaired) electrons. The number of nitriles is 2. The van der Waals surface area contributed by atoms with Gasteiger partial charge in [-0.15, -0.1) is 0 Å². The van der Waals surface area contributed by atoms with E-state index in [1.54, 1.807) is 85.5 Å². The average Bonchev–Trinajstić information content (AvgIpc) is 3.39. The molecule has 0 N–H and O–H groups in total. The largest absolute Gasteiger partial charge is 0.489 e. The van der Waals surface area contributed by atoms with E-state index in [0.29, 0.717) is 62.1 Å². The number of ketones is 2. The fourth-order valence-electron chi connectivity index (χ4n) is 8.49. The minimum Gasteiger partial charge on any atom is -0.489 e. The number of hydrogen-bond acceptors (Lipinski definition) is 11. The Balaban J connectivity index is 0.858. The maximum Gasteiger partial charge on any atom is 0.170 e. The number of halogens is 1. The van der Waals surface area contributed by atoms with E-state index in [0.717, 1.165) is 43.6 Å². The molecule has 0 amide bonds. The molecule has 0 saturated carbocycles. The Labute approximate surface area is 406 Å². The molecule has 0 bridgehead atoms. The van der Waals surface area contributed by atoms with E-state index in [-0.39, 0.29) is 37.6 Å². The number of rotatable bonds is 12. The molecular formula is C57H38BrN5O6. The second-order valence-corrected chi connectivity index (χ2v) is 17.2. The van der Waals surface area contributed by atoms with Gasteiger partial charge in [-0.1, -0.05) is 72.8 Å². The van der Waals surface area contributed by atoms with Crippen LogP contribution in [-0.2, 0) is 13.2 Å². The van der Waals surface area contributed by atoms with Gasteiger partial charge in [-0.05, 0) is 87.7 Å². The Bertz CT molecular complexity index is 3360. The lowest BCUT2D eigenvalue weighted by molar-refractivity contribution is 0.0839. The van der Waals surface area contributed by atoms with Crippen LogP contribution in [0.1, 0.15) is 90.3 Å². The van der Waals surface area contributed by atoms with Crippen LogP contribution in [0.3, 0.4) is 0 Å². The molecule has 10 rings (SSSR count). The van der Waals surface area contributed by atoms with Crippen molar-refractivity contribution in [2.24, 2.45) is 4.99 Å². The summed E-state index contributed by atoms with van der Waals surface area (Å²) in [4.78, 5) is 40.3. The van der Waals surface area contributed by atoms with Gasteiger partial charge in [0.05, 0.1) is 64.8 Å². The molecule has 6 aromatic carbocycles. The van der Waals surface area contributed by atoms with E-state index < -0.39 is 12.2 Å². The third-order valence-corrected chi connectivity index (χ3v) is 12.6.